The molecule has 88 valence electrons. The van der Waals surface area contributed by atoms with Crippen molar-refractivity contribution in [2.24, 2.45) is 0 Å². The van der Waals surface area contributed by atoms with Gasteiger partial charge in [-0.1, -0.05) is 35.0 Å². The van der Waals surface area contributed by atoms with Crippen molar-refractivity contribution in [3.05, 3.63) is 34.3 Å². The summed E-state index contributed by atoms with van der Waals surface area (Å²) in [6.45, 7) is 6.08. The van der Waals surface area contributed by atoms with E-state index in [1.165, 1.54) is 5.56 Å². The third-order valence-electron chi connectivity index (χ3n) is 3.34. The van der Waals surface area contributed by atoms with E-state index in [1.54, 1.807) is 0 Å². The third kappa shape index (κ3) is 2.65. The van der Waals surface area contributed by atoms with Crippen LogP contribution in [0.2, 0.25) is 0 Å². The van der Waals surface area contributed by atoms with Gasteiger partial charge in [-0.25, -0.2) is 0 Å². The van der Waals surface area contributed by atoms with Gasteiger partial charge in [0.25, 0.3) is 0 Å². The van der Waals surface area contributed by atoms with Crippen molar-refractivity contribution in [2.75, 3.05) is 13.2 Å². The fourth-order valence-electron chi connectivity index (χ4n) is 1.85. The number of hydrogen-bond donors (Lipinski definition) is 1. The van der Waals surface area contributed by atoms with E-state index in [2.05, 4.69) is 59.4 Å². The first kappa shape index (κ1) is 12.1. The van der Waals surface area contributed by atoms with Gasteiger partial charge in [0.05, 0.1) is 12.7 Å². The van der Waals surface area contributed by atoms with E-state index in [0.29, 0.717) is 0 Å². The number of rotatable bonds is 2. The molecule has 2 unspecified atom stereocenters. The van der Waals surface area contributed by atoms with E-state index in [4.69, 9.17) is 4.74 Å². The minimum absolute atomic E-state index is 0.145. The van der Waals surface area contributed by atoms with Crippen LogP contribution in [0.3, 0.4) is 0 Å². The Hall–Kier alpha value is -0.380. The molecule has 1 aromatic rings. The van der Waals surface area contributed by atoms with E-state index >= 15 is 0 Å². The predicted octanol–water partition coefficient (Wildman–Crippen LogP) is 3.28. The Kier molecular flexibility index (Phi) is 3.67. The maximum atomic E-state index is 5.93. The molecule has 3 heteroatoms. The van der Waals surface area contributed by atoms with Crippen molar-refractivity contribution in [3.8, 4) is 0 Å². The second kappa shape index (κ2) is 4.86. The summed E-state index contributed by atoms with van der Waals surface area (Å²) in [6.07, 6.45) is 1.28. The predicted molar refractivity (Wildman–Crippen MR) is 69.5 cm³/mol. The highest BCUT2D eigenvalue weighted by Crippen LogP contribution is 2.26. The van der Waals surface area contributed by atoms with Crippen LogP contribution in [0.5, 0.6) is 0 Å². The number of ether oxygens (including phenoxy) is 1. The second-order valence-corrected chi connectivity index (χ2v) is 5.56. The Morgan fingerprint density at radius 1 is 1.44 bits per heavy atom. The van der Waals surface area contributed by atoms with Crippen molar-refractivity contribution >= 4 is 15.9 Å². The first-order valence-corrected chi connectivity index (χ1v) is 6.54. The first-order valence-electron chi connectivity index (χ1n) is 5.75. The molecule has 1 heterocycles. The summed E-state index contributed by atoms with van der Waals surface area (Å²) in [4.78, 5) is 0. The number of halogens is 1. The average molecular weight is 284 g/mol. The van der Waals surface area contributed by atoms with Crippen LogP contribution in [0, 0.1) is 0 Å². The van der Waals surface area contributed by atoms with E-state index in [9.17, 15) is 0 Å². The van der Waals surface area contributed by atoms with Crippen LogP contribution in [0.25, 0.3) is 0 Å². The molecule has 1 aliphatic rings. The summed E-state index contributed by atoms with van der Waals surface area (Å²) < 4.78 is 7.04. The molecule has 0 aromatic heterocycles. The van der Waals surface area contributed by atoms with Crippen molar-refractivity contribution in [2.45, 2.75) is 31.9 Å². The van der Waals surface area contributed by atoms with Gasteiger partial charge in [0, 0.05) is 16.6 Å². The molecular formula is C13H18BrNO. The van der Waals surface area contributed by atoms with Crippen LogP contribution in [0.15, 0.2) is 28.7 Å². The van der Waals surface area contributed by atoms with Gasteiger partial charge in [-0.05, 0) is 31.0 Å². The number of benzene rings is 1. The van der Waals surface area contributed by atoms with Crippen LogP contribution in [0.4, 0.5) is 0 Å². The maximum absolute atomic E-state index is 5.93. The highest BCUT2D eigenvalue weighted by molar-refractivity contribution is 9.10. The molecule has 0 spiro atoms. The van der Waals surface area contributed by atoms with Gasteiger partial charge < -0.3 is 10.1 Å². The van der Waals surface area contributed by atoms with Crippen molar-refractivity contribution in [1.29, 1.82) is 0 Å². The highest BCUT2D eigenvalue weighted by Gasteiger charge is 2.29. The Morgan fingerprint density at radius 2 is 2.12 bits per heavy atom. The lowest BCUT2D eigenvalue weighted by Gasteiger charge is -2.38. The van der Waals surface area contributed by atoms with E-state index in [1.807, 2.05) is 0 Å². The molecule has 16 heavy (non-hydrogen) atoms. The SMILES string of the molecule is CCC1(C)COC(c2ccc(Br)cc2)CN1. The van der Waals surface area contributed by atoms with Gasteiger partial charge in [-0.2, -0.15) is 0 Å². The van der Waals surface area contributed by atoms with Gasteiger partial charge in [-0.15, -0.1) is 0 Å². The largest absolute Gasteiger partial charge is 0.370 e. The zero-order valence-corrected chi connectivity index (χ0v) is 11.4. The Balaban J connectivity index is 2.01. The number of morpholine rings is 1. The summed E-state index contributed by atoms with van der Waals surface area (Å²) in [5, 5.41) is 3.57. The molecule has 2 nitrogen and oxygen atoms in total. The molecule has 2 rings (SSSR count). The fraction of sp³-hybridized carbons (Fsp3) is 0.538. The van der Waals surface area contributed by atoms with E-state index in [-0.39, 0.29) is 11.6 Å². The van der Waals surface area contributed by atoms with Gasteiger partial charge >= 0.3 is 0 Å². The molecule has 0 aliphatic carbocycles. The molecule has 1 saturated heterocycles. The molecule has 1 aliphatic heterocycles. The Morgan fingerprint density at radius 3 is 2.62 bits per heavy atom. The van der Waals surface area contributed by atoms with Crippen molar-refractivity contribution in [1.82, 2.24) is 5.32 Å². The van der Waals surface area contributed by atoms with Crippen molar-refractivity contribution in [3.63, 3.8) is 0 Å². The molecule has 0 amide bonds. The molecule has 1 fully saturated rings. The maximum Gasteiger partial charge on any atom is 0.0950 e. The Bertz CT molecular complexity index is 341. The molecule has 0 radical (unpaired) electrons. The Labute approximate surface area is 106 Å². The van der Waals surface area contributed by atoms with Gasteiger partial charge in [0.15, 0.2) is 0 Å². The zero-order chi connectivity index (χ0) is 11.6. The summed E-state index contributed by atoms with van der Waals surface area (Å²) in [5.74, 6) is 0. The molecule has 1 N–H and O–H groups in total. The van der Waals surface area contributed by atoms with Crippen LogP contribution >= 0.6 is 15.9 Å². The summed E-state index contributed by atoms with van der Waals surface area (Å²) in [7, 11) is 0. The van der Waals surface area contributed by atoms with Crippen LogP contribution < -0.4 is 5.32 Å². The van der Waals surface area contributed by atoms with Gasteiger partial charge in [-0.3, -0.25) is 0 Å². The minimum Gasteiger partial charge on any atom is -0.370 e. The zero-order valence-electron chi connectivity index (χ0n) is 9.79. The fourth-order valence-corrected chi connectivity index (χ4v) is 2.12. The molecule has 1 aromatic carbocycles. The van der Waals surface area contributed by atoms with Gasteiger partial charge in [0.2, 0.25) is 0 Å². The topological polar surface area (TPSA) is 21.3 Å². The van der Waals surface area contributed by atoms with Crippen LogP contribution in [0.1, 0.15) is 31.9 Å². The average Bonchev–Trinajstić information content (AvgIpc) is 2.32. The summed E-state index contributed by atoms with van der Waals surface area (Å²) in [6, 6.07) is 8.36. The van der Waals surface area contributed by atoms with Crippen LogP contribution in [-0.4, -0.2) is 18.7 Å². The quantitative estimate of drug-likeness (QED) is 0.900. The standard InChI is InChI=1S/C13H18BrNO/c1-3-13(2)9-16-12(8-15-13)10-4-6-11(14)7-5-10/h4-7,12,15H,3,8-9H2,1-2H3. The summed E-state index contributed by atoms with van der Waals surface area (Å²) in [5.41, 5.74) is 1.39. The lowest BCUT2D eigenvalue weighted by molar-refractivity contribution is -0.0299. The molecule has 0 saturated carbocycles. The van der Waals surface area contributed by atoms with E-state index in [0.717, 1.165) is 24.0 Å². The third-order valence-corrected chi connectivity index (χ3v) is 3.87. The first-order chi connectivity index (χ1) is 7.63. The molecule has 2 atom stereocenters. The molecule has 0 bridgehead atoms. The number of nitrogens with one attached hydrogen (secondary N) is 1. The second-order valence-electron chi connectivity index (χ2n) is 4.65. The lowest BCUT2D eigenvalue weighted by atomic mass is 9.96. The molecular weight excluding hydrogens is 266 g/mol. The number of hydrogen-bond acceptors (Lipinski definition) is 2. The van der Waals surface area contributed by atoms with Crippen LogP contribution in [-0.2, 0) is 4.74 Å². The monoisotopic (exact) mass is 283 g/mol. The normalized spacial score (nSPS) is 30.3. The minimum atomic E-state index is 0.145. The van der Waals surface area contributed by atoms with E-state index < -0.39 is 0 Å². The lowest BCUT2D eigenvalue weighted by Crippen LogP contribution is -2.52. The summed E-state index contributed by atoms with van der Waals surface area (Å²) >= 11 is 3.44. The van der Waals surface area contributed by atoms with Gasteiger partial charge in [0.1, 0.15) is 0 Å². The highest BCUT2D eigenvalue weighted by atomic mass is 79.9. The smallest absolute Gasteiger partial charge is 0.0950 e. The van der Waals surface area contributed by atoms with Crippen molar-refractivity contribution < 1.29 is 4.74 Å².